The van der Waals surface area contributed by atoms with Crippen LogP contribution in [0.15, 0.2) is 28.7 Å². The molecule has 1 aromatic carbocycles. The summed E-state index contributed by atoms with van der Waals surface area (Å²) in [7, 11) is 0. The molecular formula is C15H21BrN2O2. The lowest BCUT2D eigenvalue weighted by molar-refractivity contribution is 0.0523. The number of hydrogen-bond donors (Lipinski definition) is 1. The van der Waals surface area contributed by atoms with Crippen molar-refractivity contribution < 1.29 is 9.90 Å². The summed E-state index contributed by atoms with van der Waals surface area (Å²) in [6.45, 7) is 5.80. The first kappa shape index (κ1) is 15.5. The Morgan fingerprint density at radius 2 is 2.05 bits per heavy atom. The van der Waals surface area contributed by atoms with Crippen LogP contribution in [0.1, 0.15) is 23.7 Å². The molecule has 20 heavy (non-hydrogen) atoms. The van der Waals surface area contributed by atoms with Gasteiger partial charge in [0.05, 0.1) is 6.10 Å². The van der Waals surface area contributed by atoms with Crippen LogP contribution in [0.25, 0.3) is 0 Å². The SMILES string of the molecule is CC[C@H](O)CN1CCN(C(=O)c2cccc(Br)c2)CC1. The summed E-state index contributed by atoms with van der Waals surface area (Å²) < 4.78 is 0.924. The van der Waals surface area contributed by atoms with Gasteiger partial charge in [-0.3, -0.25) is 9.69 Å². The van der Waals surface area contributed by atoms with E-state index < -0.39 is 0 Å². The number of piperazine rings is 1. The second-order valence-electron chi connectivity index (χ2n) is 5.17. The molecule has 1 atom stereocenters. The molecule has 1 heterocycles. The van der Waals surface area contributed by atoms with Gasteiger partial charge in [0.15, 0.2) is 0 Å². The Labute approximate surface area is 128 Å². The number of β-amino-alcohol motifs (C(OH)–C–C–N with tert-alkyl or cyclic N) is 1. The van der Waals surface area contributed by atoms with Crippen LogP contribution in [-0.2, 0) is 0 Å². The number of halogens is 1. The van der Waals surface area contributed by atoms with E-state index in [2.05, 4.69) is 20.8 Å². The third-order valence-corrected chi connectivity index (χ3v) is 4.16. The predicted octanol–water partition coefficient (Wildman–Crippen LogP) is 1.98. The van der Waals surface area contributed by atoms with E-state index in [1.54, 1.807) is 0 Å². The number of aliphatic hydroxyl groups excluding tert-OH is 1. The van der Waals surface area contributed by atoms with Gasteiger partial charge < -0.3 is 10.0 Å². The van der Waals surface area contributed by atoms with Crippen molar-refractivity contribution in [3.05, 3.63) is 34.3 Å². The molecule has 1 aliphatic rings. The highest BCUT2D eigenvalue weighted by Crippen LogP contribution is 2.15. The van der Waals surface area contributed by atoms with Gasteiger partial charge in [-0.25, -0.2) is 0 Å². The fourth-order valence-electron chi connectivity index (χ4n) is 2.36. The number of carbonyl (C=O) groups is 1. The van der Waals surface area contributed by atoms with E-state index in [-0.39, 0.29) is 12.0 Å². The van der Waals surface area contributed by atoms with Crippen LogP contribution in [0.2, 0.25) is 0 Å². The zero-order valence-electron chi connectivity index (χ0n) is 11.8. The lowest BCUT2D eigenvalue weighted by Crippen LogP contribution is -2.50. The van der Waals surface area contributed by atoms with Crippen LogP contribution in [0.5, 0.6) is 0 Å². The minimum absolute atomic E-state index is 0.0852. The molecule has 1 fully saturated rings. The van der Waals surface area contributed by atoms with Crippen LogP contribution in [0.3, 0.4) is 0 Å². The summed E-state index contributed by atoms with van der Waals surface area (Å²) in [6.07, 6.45) is 0.513. The molecule has 0 saturated carbocycles. The van der Waals surface area contributed by atoms with Crippen molar-refractivity contribution in [2.45, 2.75) is 19.4 Å². The number of nitrogens with zero attached hydrogens (tertiary/aromatic N) is 2. The normalized spacial score (nSPS) is 18.1. The number of rotatable bonds is 4. The number of benzene rings is 1. The molecule has 1 aliphatic heterocycles. The average Bonchev–Trinajstić information content (AvgIpc) is 2.47. The zero-order chi connectivity index (χ0) is 14.5. The fraction of sp³-hybridized carbons (Fsp3) is 0.533. The number of aliphatic hydroxyl groups is 1. The van der Waals surface area contributed by atoms with Gasteiger partial charge in [0, 0.05) is 42.8 Å². The van der Waals surface area contributed by atoms with Crippen LogP contribution < -0.4 is 0 Å². The summed E-state index contributed by atoms with van der Waals surface area (Å²) >= 11 is 3.39. The Kier molecular flexibility index (Phi) is 5.57. The third kappa shape index (κ3) is 4.04. The van der Waals surface area contributed by atoms with Gasteiger partial charge in [0.2, 0.25) is 0 Å². The van der Waals surface area contributed by atoms with E-state index in [0.29, 0.717) is 6.54 Å². The van der Waals surface area contributed by atoms with Gasteiger partial charge in [0.25, 0.3) is 5.91 Å². The lowest BCUT2D eigenvalue weighted by atomic mass is 10.1. The molecule has 4 nitrogen and oxygen atoms in total. The molecule has 0 aliphatic carbocycles. The van der Waals surface area contributed by atoms with E-state index in [1.807, 2.05) is 36.1 Å². The molecule has 0 unspecified atom stereocenters. The molecule has 0 radical (unpaired) electrons. The minimum Gasteiger partial charge on any atom is -0.392 e. The molecule has 1 amide bonds. The van der Waals surface area contributed by atoms with Gasteiger partial charge in [-0.1, -0.05) is 28.9 Å². The molecule has 2 rings (SSSR count). The van der Waals surface area contributed by atoms with Gasteiger partial charge in [-0.15, -0.1) is 0 Å². The van der Waals surface area contributed by atoms with Gasteiger partial charge >= 0.3 is 0 Å². The van der Waals surface area contributed by atoms with E-state index in [0.717, 1.165) is 42.6 Å². The maximum Gasteiger partial charge on any atom is 0.253 e. The first-order valence-corrected chi connectivity index (χ1v) is 7.84. The van der Waals surface area contributed by atoms with Crippen molar-refractivity contribution in [3.63, 3.8) is 0 Å². The summed E-state index contributed by atoms with van der Waals surface area (Å²) in [5.74, 6) is 0.0852. The van der Waals surface area contributed by atoms with Crippen molar-refractivity contribution in [2.24, 2.45) is 0 Å². The minimum atomic E-state index is -0.262. The maximum atomic E-state index is 12.4. The second-order valence-corrected chi connectivity index (χ2v) is 6.08. The average molecular weight is 341 g/mol. The van der Waals surface area contributed by atoms with Crippen LogP contribution in [0, 0.1) is 0 Å². The van der Waals surface area contributed by atoms with E-state index in [4.69, 9.17) is 0 Å². The number of hydrogen-bond acceptors (Lipinski definition) is 3. The number of carbonyl (C=O) groups excluding carboxylic acids is 1. The maximum absolute atomic E-state index is 12.4. The monoisotopic (exact) mass is 340 g/mol. The van der Waals surface area contributed by atoms with Crippen molar-refractivity contribution >= 4 is 21.8 Å². The molecule has 0 aromatic heterocycles. The molecule has 1 N–H and O–H groups in total. The van der Waals surface area contributed by atoms with Gasteiger partial charge in [-0.05, 0) is 24.6 Å². The Bertz CT molecular complexity index is 459. The quantitative estimate of drug-likeness (QED) is 0.911. The molecule has 1 saturated heterocycles. The molecule has 110 valence electrons. The van der Waals surface area contributed by atoms with Crippen molar-refractivity contribution in [3.8, 4) is 0 Å². The van der Waals surface area contributed by atoms with E-state index >= 15 is 0 Å². The highest BCUT2D eigenvalue weighted by Gasteiger charge is 2.23. The van der Waals surface area contributed by atoms with Gasteiger partial charge in [0.1, 0.15) is 0 Å². The number of amides is 1. The molecular weight excluding hydrogens is 320 g/mol. The topological polar surface area (TPSA) is 43.8 Å². The fourth-order valence-corrected chi connectivity index (χ4v) is 2.76. The first-order chi connectivity index (χ1) is 9.60. The summed E-state index contributed by atoms with van der Waals surface area (Å²) in [5, 5.41) is 9.67. The summed E-state index contributed by atoms with van der Waals surface area (Å²) in [6, 6.07) is 7.50. The predicted molar refractivity (Wildman–Crippen MR) is 82.8 cm³/mol. The van der Waals surface area contributed by atoms with E-state index in [9.17, 15) is 9.90 Å². The molecule has 5 heteroatoms. The van der Waals surface area contributed by atoms with E-state index in [1.165, 1.54) is 0 Å². The van der Waals surface area contributed by atoms with Gasteiger partial charge in [-0.2, -0.15) is 0 Å². The standard InChI is InChI=1S/C15H21BrN2O2/c1-2-14(19)11-17-6-8-18(9-7-17)15(20)12-4-3-5-13(16)10-12/h3-5,10,14,19H,2,6-9,11H2,1H3/t14-/m0/s1. The Morgan fingerprint density at radius 1 is 1.35 bits per heavy atom. The highest BCUT2D eigenvalue weighted by atomic mass is 79.9. The van der Waals surface area contributed by atoms with Crippen LogP contribution >= 0.6 is 15.9 Å². The van der Waals surface area contributed by atoms with Crippen LogP contribution in [-0.4, -0.2) is 59.6 Å². The third-order valence-electron chi connectivity index (χ3n) is 3.67. The van der Waals surface area contributed by atoms with Crippen molar-refractivity contribution in [1.82, 2.24) is 9.80 Å². The molecule has 0 bridgehead atoms. The zero-order valence-corrected chi connectivity index (χ0v) is 13.3. The molecule has 0 spiro atoms. The summed E-state index contributed by atoms with van der Waals surface area (Å²) in [5.41, 5.74) is 0.724. The van der Waals surface area contributed by atoms with Crippen molar-refractivity contribution in [1.29, 1.82) is 0 Å². The lowest BCUT2D eigenvalue weighted by Gasteiger charge is -2.35. The Balaban J connectivity index is 1.89. The van der Waals surface area contributed by atoms with Crippen LogP contribution in [0.4, 0.5) is 0 Å². The largest absolute Gasteiger partial charge is 0.392 e. The van der Waals surface area contributed by atoms with Crippen molar-refractivity contribution in [2.75, 3.05) is 32.7 Å². The molecule has 1 aromatic rings. The smallest absolute Gasteiger partial charge is 0.253 e. The highest BCUT2D eigenvalue weighted by molar-refractivity contribution is 9.10. The second kappa shape index (κ2) is 7.20. The summed E-state index contributed by atoms with van der Waals surface area (Å²) in [4.78, 5) is 16.5. The Hall–Kier alpha value is -0.910. The Morgan fingerprint density at radius 3 is 2.65 bits per heavy atom. The first-order valence-electron chi connectivity index (χ1n) is 7.05.